The second-order valence-electron chi connectivity index (χ2n) is 6.22. The van der Waals surface area contributed by atoms with Gasteiger partial charge in [0.15, 0.2) is 0 Å². The Morgan fingerprint density at radius 3 is 2.22 bits per heavy atom. The Balaban J connectivity index is 1.78. The molecule has 0 aromatic heterocycles. The van der Waals surface area contributed by atoms with Crippen LogP contribution in [0.2, 0.25) is 0 Å². The molecule has 1 saturated heterocycles. The first-order chi connectivity index (χ1) is 8.62. The van der Waals surface area contributed by atoms with Gasteiger partial charge in [0, 0.05) is 12.5 Å². The van der Waals surface area contributed by atoms with Gasteiger partial charge in [-0.2, -0.15) is 0 Å². The van der Waals surface area contributed by atoms with Crippen molar-refractivity contribution in [2.75, 3.05) is 0 Å². The molecule has 0 aromatic rings. The van der Waals surface area contributed by atoms with Crippen LogP contribution in [-0.4, -0.2) is 34.0 Å². The van der Waals surface area contributed by atoms with Gasteiger partial charge in [0.05, 0.1) is 11.5 Å². The van der Waals surface area contributed by atoms with Crippen molar-refractivity contribution in [3.63, 3.8) is 0 Å². The van der Waals surface area contributed by atoms with E-state index < -0.39 is 0 Å². The summed E-state index contributed by atoms with van der Waals surface area (Å²) in [4.78, 5) is 26.2. The van der Waals surface area contributed by atoms with Crippen LogP contribution in [0.25, 0.3) is 0 Å². The summed E-state index contributed by atoms with van der Waals surface area (Å²) in [6, 6.07) is -0.0253. The van der Waals surface area contributed by atoms with E-state index in [1.54, 1.807) is 0 Å². The van der Waals surface area contributed by atoms with Crippen LogP contribution in [0.15, 0.2) is 0 Å². The number of likely N-dealkylation sites (tertiary alicyclic amines) is 1. The van der Waals surface area contributed by atoms with Gasteiger partial charge >= 0.3 is 0 Å². The minimum absolute atomic E-state index is 0.00111. The first-order valence-corrected chi connectivity index (χ1v) is 7.17. The first-order valence-electron chi connectivity index (χ1n) is 7.17. The third kappa shape index (κ3) is 1.78. The van der Waals surface area contributed by atoms with Gasteiger partial charge < -0.3 is 5.11 Å². The van der Waals surface area contributed by atoms with Gasteiger partial charge in [-0.05, 0) is 25.7 Å². The van der Waals surface area contributed by atoms with Crippen LogP contribution in [0.1, 0.15) is 57.8 Å². The number of rotatable bonds is 1. The number of hydrogen-bond donors (Lipinski definition) is 1. The second kappa shape index (κ2) is 4.34. The van der Waals surface area contributed by atoms with E-state index in [-0.39, 0.29) is 29.4 Å². The third-order valence-corrected chi connectivity index (χ3v) is 4.94. The number of amides is 2. The second-order valence-corrected chi connectivity index (χ2v) is 6.22. The van der Waals surface area contributed by atoms with Crippen molar-refractivity contribution < 1.29 is 14.7 Å². The molecule has 0 bridgehead atoms. The lowest BCUT2D eigenvalue weighted by Gasteiger charge is -2.38. The van der Waals surface area contributed by atoms with Crippen molar-refractivity contribution in [1.82, 2.24) is 4.90 Å². The minimum atomic E-state index is -0.381. The summed E-state index contributed by atoms with van der Waals surface area (Å²) < 4.78 is 0. The fraction of sp³-hybridized carbons (Fsp3) is 0.857. The highest BCUT2D eigenvalue weighted by Crippen LogP contribution is 2.46. The largest absolute Gasteiger partial charge is 0.393 e. The average Bonchev–Trinajstić information content (AvgIpc) is 2.48. The molecular weight excluding hydrogens is 230 g/mol. The summed E-state index contributed by atoms with van der Waals surface area (Å²) in [7, 11) is 0. The zero-order valence-electron chi connectivity index (χ0n) is 10.7. The predicted molar refractivity (Wildman–Crippen MR) is 65.6 cm³/mol. The van der Waals surface area contributed by atoms with E-state index in [1.807, 2.05) is 0 Å². The average molecular weight is 251 g/mol. The highest BCUT2D eigenvalue weighted by molar-refractivity contribution is 6.06. The van der Waals surface area contributed by atoms with Crippen molar-refractivity contribution in [1.29, 1.82) is 0 Å². The maximum Gasteiger partial charge on any atom is 0.236 e. The number of aliphatic hydroxyl groups is 1. The maximum atomic E-state index is 12.6. The lowest BCUT2D eigenvalue weighted by Crippen LogP contribution is -2.51. The molecule has 0 aromatic carbocycles. The molecule has 3 fully saturated rings. The quantitative estimate of drug-likeness (QED) is 0.720. The zero-order valence-corrected chi connectivity index (χ0v) is 10.7. The van der Waals surface area contributed by atoms with Gasteiger partial charge in [-0.15, -0.1) is 0 Å². The molecule has 18 heavy (non-hydrogen) atoms. The standard InChI is InChI=1S/C14H21NO3/c16-11-7-10(8-11)15-12(17)9-14(13(15)18)5-3-1-2-4-6-14/h10-11,16H,1-9H2. The van der Waals surface area contributed by atoms with Crippen molar-refractivity contribution in [2.24, 2.45) is 5.41 Å². The summed E-state index contributed by atoms with van der Waals surface area (Å²) in [6.07, 6.45) is 7.52. The SMILES string of the molecule is O=C1CC2(CCCCCC2)C(=O)N1C1CC(O)C1. The number of imide groups is 1. The van der Waals surface area contributed by atoms with Crippen LogP contribution in [0.5, 0.6) is 0 Å². The molecule has 0 radical (unpaired) electrons. The Labute approximate surface area is 107 Å². The normalized spacial score (nSPS) is 35.7. The molecule has 4 heteroatoms. The summed E-state index contributed by atoms with van der Waals surface area (Å²) in [5, 5.41) is 9.35. The van der Waals surface area contributed by atoms with Crippen molar-refractivity contribution in [3.8, 4) is 0 Å². The molecule has 2 aliphatic carbocycles. The summed E-state index contributed by atoms with van der Waals surface area (Å²) in [5.74, 6) is 0.0603. The Morgan fingerprint density at radius 2 is 1.67 bits per heavy atom. The maximum absolute atomic E-state index is 12.6. The molecule has 1 aliphatic heterocycles. The molecule has 3 aliphatic rings. The fourth-order valence-electron chi connectivity index (χ4n) is 3.75. The zero-order chi connectivity index (χ0) is 12.8. The van der Waals surface area contributed by atoms with E-state index >= 15 is 0 Å². The first kappa shape index (κ1) is 12.2. The van der Waals surface area contributed by atoms with Crippen LogP contribution in [0.3, 0.4) is 0 Å². The molecule has 1 spiro atoms. The topological polar surface area (TPSA) is 57.6 Å². The molecular formula is C14H21NO3. The third-order valence-electron chi connectivity index (χ3n) is 4.94. The smallest absolute Gasteiger partial charge is 0.236 e. The van der Waals surface area contributed by atoms with Crippen LogP contribution in [0, 0.1) is 5.41 Å². The van der Waals surface area contributed by atoms with E-state index in [9.17, 15) is 14.7 Å². The molecule has 2 amide bonds. The van der Waals surface area contributed by atoms with E-state index in [0.717, 1.165) is 25.7 Å². The van der Waals surface area contributed by atoms with E-state index in [1.165, 1.54) is 17.7 Å². The van der Waals surface area contributed by atoms with Gasteiger partial charge in [0.2, 0.25) is 11.8 Å². The molecule has 0 atom stereocenters. The van der Waals surface area contributed by atoms with Crippen LogP contribution < -0.4 is 0 Å². The lowest BCUT2D eigenvalue weighted by atomic mass is 9.78. The van der Waals surface area contributed by atoms with Crippen LogP contribution in [0.4, 0.5) is 0 Å². The number of nitrogens with zero attached hydrogens (tertiary/aromatic N) is 1. The molecule has 1 heterocycles. The van der Waals surface area contributed by atoms with E-state index in [2.05, 4.69) is 0 Å². The van der Waals surface area contributed by atoms with Gasteiger partial charge in [-0.1, -0.05) is 25.7 Å². The van der Waals surface area contributed by atoms with Gasteiger partial charge in [-0.25, -0.2) is 0 Å². The molecule has 3 rings (SSSR count). The molecule has 4 nitrogen and oxygen atoms in total. The lowest BCUT2D eigenvalue weighted by molar-refractivity contribution is -0.148. The molecule has 0 unspecified atom stereocenters. The predicted octanol–water partition coefficient (Wildman–Crippen LogP) is 1.61. The van der Waals surface area contributed by atoms with E-state index in [0.29, 0.717) is 19.3 Å². The van der Waals surface area contributed by atoms with Gasteiger partial charge in [0.1, 0.15) is 0 Å². The van der Waals surface area contributed by atoms with Gasteiger partial charge in [0.25, 0.3) is 0 Å². The summed E-state index contributed by atoms with van der Waals surface area (Å²) >= 11 is 0. The van der Waals surface area contributed by atoms with Crippen molar-refractivity contribution in [3.05, 3.63) is 0 Å². The summed E-state index contributed by atoms with van der Waals surface area (Å²) in [5.41, 5.74) is -0.381. The van der Waals surface area contributed by atoms with Crippen LogP contribution >= 0.6 is 0 Å². The highest BCUT2D eigenvalue weighted by Gasteiger charge is 2.54. The number of carbonyl (C=O) groups is 2. The number of hydrogen-bond acceptors (Lipinski definition) is 3. The Bertz CT molecular complexity index is 365. The van der Waals surface area contributed by atoms with Crippen molar-refractivity contribution in [2.45, 2.75) is 69.9 Å². The molecule has 100 valence electrons. The number of aliphatic hydroxyl groups excluding tert-OH is 1. The Hall–Kier alpha value is -0.900. The van der Waals surface area contributed by atoms with Crippen LogP contribution in [-0.2, 0) is 9.59 Å². The fourth-order valence-corrected chi connectivity index (χ4v) is 3.75. The van der Waals surface area contributed by atoms with Gasteiger partial charge in [-0.3, -0.25) is 14.5 Å². The monoisotopic (exact) mass is 251 g/mol. The Kier molecular flexibility index (Phi) is 2.93. The number of carbonyl (C=O) groups excluding carboxylic acids is 2. The highest BCUT2D eigenvalue weighted by atomic mass is 16.3. The molecule has 2 saturated carbocycles. The van der Waals surface area contributed by atoms with E-state index in [4.69, 9.17) is 0 Å². The summed E-state index contributed by atoms with van der Waals surface area (Å²) in [6.45, 7) is 0. The van der Waals surface area contributed by atoms with Crippen molar-refractivity contribution >= 4 is 11.8 Å². The Morgan fingerprint density at radius 1 is 1.06 bits per heavy atom. The molecule has 1 N–H and O–H groups in total. The minimum Gasteiger partial charge on any atom is -0.393 e.